The third-order valence-corrected chi connectivity index (χ3v) is 4.83. The molecule has 1 saturated carbocycles. The second kappa shape index (κ2) is 7.79. The minimum absolute atomic E-state index is 0.419. The zero-order valence-electron chi connectivity index (χ0n) is 15.0. The molecule has 120 valence electrons. The van der Waals surface area contributed by atoms with E-state index in [0.29, 0.717) is 23.5 Å². The summed E-state index contributed by atoms with van der Waals surface area (Å²) in [5.41, 5.74) is 0.419. The Hall–Kier alpha value is -0.0800. The third-order valence-electron chi connectivity index (χ3n) is 4.83. The summed E-state index contributed by atoms with van der Waals surface area (Å²) < 4.78 is 0. The van der Waals surface area contributed by atoms with Gasteiger partial charge in [-0.2, -0.15) is 0 Å². The smallest absolute Gasteiger partial charge is 0.0274 e. The van der Waals surface area contributed by atoms with Gasteiger partial charge in [0.1, 0.15) is 0 Å². The van der Waals surface area contributed by atoms with Crippen LogP contribution in [0.1, 0.15) is 74.1 Å². The van der Waals surface area contributed by atoms with Crippen LogP contribution in [0, 0.1) is 11.3 Å². The maximum absolute atomic E-state index is 3.88. The molecule has 0 aromatic carbocycles. The summed E-state index contributed by atoms with van der Waals surface area (Å²) in [6.45, 7) is 19.0. The molecule has 2 heteroatoms. The number of nitrogens with one attached hydrogen (secondary N) is 1. The zero-order chi connectivity index (χ0) is 15.3. The summed E-state index contributed by atoms with van der Waals surface area (Å²) in [6.07, 6.45) is 5.32. The quantitative estimate of drug-likeness (QED) is 0.749. The van der Waals surface area contributed by atoms with E-state index in [-0.39, 0.29) is 0 Å². The van der Waals surface area contributed by atoms with Gasteiger partial charge >= 0.3 is 0 Å². The van der Waals surface area contributed by atoms with Gasteiger partial charge in [0.25, 0.3) is 0 Å². The molecule has 2 unspecified atom stereocenters. The van der Waals surface area contributed by atoms with E-state index in [1.54, 1.807) is 0 Å². The maximum atomic E-state index is 3.88. The molecule has 0 aliphatic heterocycles. The van der Waals surface area contributed by atoms with Gasteiger partial charge in [0.15, 0.2) is 0 Å². The van der Waals surface area contributed by atoms with E-state index in [0.717, 1.165) is 12.5 Å². The van der Waals surface area contributed by atoms with Gasteiger partial charge in [-0.25, -0.2) is 0 Å². The SMILES string of the molecule is CCCNC1C(N(CC(C)C)C(C)C)CCCC1(C)C. The lowest BCUT2D eigenvalue weighted by Crippen LogP contribution is -2.60. The Labute approximate surface area is 127 Å². The number of hydrogen-bond acceptors (Lipinski definition) is 2. The molecule has 0 aromatic heterocycles. The van der Waals surface area contributed by atoms with Gasteiger partial charge in [-0.15, -0.1) is 0 Å². The van der Waals surface area contributed by atoms with E-state index in [4.69, 9.17) is 0 Å². The van der Waals surface area contributed by atoms with Crippen molar-refractivity contribution in [2.45, 2.75) is 92.3 Å². The van der Waals surface area contributed by atoms with Crippen molar-refractivity contribution in [1.29, 1.82) is 0 Å². The molecule has 2 atom stereocenters. The van der Waals surface area contributed by atoms with Crippen LogP contribution >= 0.6 is 0 Å². The van der Waals surface area contributed by atoms with Crippen molar-refractivity contribution in [2.24, 2.45) is 11.3 Å². The van der Waals surface area contributed by atoms with Crippen molar-refractivity contribution in [3.8, 4) is 0 Å². The lowest BCUT2D eigenvalue weighted by Gasteiger charge is -2.50. The van der Waals surface area contributed by atoms with Crippen LogP contribution in [0.5, 0.6) is 0 Å². The fourth-order valence-electron chi connectivity index (χ4n) is 3.83. The third kappa shape index (κ3) is 4.73. The van der Waals surface area contributed by atoms with Crippen LogP contribution in [0.3, 0.4) is 0 Å². The fraction of sp³-hybridized carbons (Fsp3) is 1.00. The largest absolute Gasteiger partial charge is 0.312 e. The van der Waals surface area contributed by atoms with Gasteiger partial charge in [-0.05, 0) is 51.0 Å². The fourth-order valence-corrected chi connectivity index (χ4v) is 3.83. The first kappa shape index (κ1) is 18.0. The summed E-state index contributed by atoms with van der Waals surface area (Å²) in [6, 6.07) is 1.98. The van der Waals surface area contributed by atoms with Crippen molar-refractivity contribution < 1.29 is 0 Å². The second-order valence-electron chi connectivity index (χ2n) is 8.06. The Morgan fingerprint density at radius 2 is 1.85 bits per heavy atom. The molecule has 1 rings (SSSR count). The summed E-state index contributed by atoms with van der Waals surface area (Å²) in [5.74, 6) is 0.745. The van der Waals surface area contributed by atoms with E-state index >= 15 is 0 Å². The first-order chi connectivity index (χ1) is 9.29. The molecule has 1 fully saturated rings. The molecule has 0 radical (unpaired) electrons. The molecule has 0 saturated heterocycles. The summed E-state index contributed by atoms with van der Waals surface area (Å²) in [5, 5.41) is 3.88. The van der Waals surface area contributed by atoms with Crippen LogP contribution in [-0.4, -0.2) is 36.1 Å². The molecule has 20 heavy (non-hydrogen) atoms. The van der Waals surface area contributed by atoms with Crippen LogP contribution in [0.2, 0.25) is 0 Å². The molecule has 2 nitrogen and oxygen atoms in total. The van der Waals surface area contributed by atoms with Crippen LogP contribution in [-0.2, 0) is 0 Å². The Morgan fingerprint density at radius 1 is 1.20 bits per heavy atom. The molecule has 0 bridgehead atoms. The lowest BCUT2D eigenvalue weighted by molar-refractivity contribution is 0.0242. The van der Waals surface area contributed by atoms with Crippen molar-refractivity contribution in [3.05, 3.63) is 0 Å². The first-order valence-electron chi connectivity index (χ1n) is 8.78. The Kier molecular flexibility index (Phi) is 7.00. The monoisotopic (exact) mass is 282 g/mol. The topological polar surface area (TPSA) is 15.3 Å². The van der Waals surface area contributed by atoms with Crippen LogP contribution < -0.4 is 5.32 Å². The normalized spacial score (nSPS) is 26.7. The number of rotatable bonds is 7. The molecule has 0 amide bonds. The average Bonchev–Trinajstić information content (AvgIpc) is 2.33. The predicted molar refractivity (Wildman–Crippen MR) is 90.2 cm³/mol. The van der Waals surface area contributed by atoms with E-state index in [9.17, 15) is 0 Å². The average molecular weight is 283 g/mol. The molecule has 1 aliphatic rings. The van der Waals surface area contributed by atoms with Crippen molar-refractivity contribution in [2.75, 3.05) is 13.1 Å². The van der Waals surface area contributed by atoms with Crippen LogP contribution in [0.15, 0.2) is 0 Å². The van der Waals surface area contributed by atoms with E-state index in [1.165, 1.54) is 32.2 Å². The molecule has 0 aromatic rings. The molecule has 1 aliphatic carbocycles. The molecule has 0 spiro atoms. The highest BCUT2D eigenvalue weighted by Gasteiger charge is 2.41. The highest BCUT2D eigenvalue weighted by atomic mass is 15.2. The molecular formula is C18H38N2. The van der Waals surface area contributed by atoms with Gasteiger partial charge in [0, 0.05) is 24.7 Å². The number of hydrogen-bond donors (Lipinski definition) is 1. The molecular weight excluding hydrogens is 244 g/mol. The number of nitrogens with zero attached hydrogens (tertiary/aromatic N) is 1. The standard InChI is InChI=1S/C18H38N2/c1-8-12-19-17-16(10-9-11-18(17,6)7)20(15(4)5)13-14(2)3/h14-17,19H,8-13H2,1-7H3. The van der Waals surface area contributed by atoms with E-state index in [1.807, 2.05) is 0 Å². The zero-order valence-corrected chi connectivity index (χ0v) is 15.0. The molecule has 0 heterocycles. The van der Waals surface area contributed by atoms with Gasteiger partial charge < -0.3 is 5.32 Å². The minimum atomic E-state index is 0.419. The summed E-state index contributed by atoms with van der Waals surface area (Å²) >= 11 is 0. The van der Waals surface area contributed by atoms with Crippen molar-refractivity contribution >= 4 is 0 Å². The van der Waals surface area contributed by atoms with Gasteiger partial charge in [0.05, 0.1) is 0 Å². The van der Waals surface area contributed by atoms with Crippen LogP contribution in [0.25, 0.3) is 0 Å². The van der Waals surface area contributed by atoms with E-state index < -0.39 is 0 Å². The van der Waals surface area contributed by atoms with Gasteiger partial charge in [-0.3, -0.25) is 4.90 Å². The van der Waals surface area contributed by atoms with Gasteiger partial charge in [-0.1, -0.05) is 41.0 Å². The maximum Gasteiger partial charge on any atom is 0.0274 e. The summed E-state index contributed by atoms with van der Waals surface area (Å²) in [7, 11) is 0. The second-order valence-corrected chi connectivity index (χ2v) is 8.06. The molecule has 1 N–H and O–H groups in total. The summed E-state index contributed by atoms with van der Waals surface area (Å²) in [4.78, 5) is 2.76. The van der Waals surface area contributed by atoms with Crippen molar-refractivity contribution in [3.63, 3.8) is 0 Å². The van der Waals surface area contributed by atoms with Crippen molar-refractivity contribution in [1.82, 2.24) is 10.2 Å². The Bertz CT molecular complexity index is 271. The Morgan fingerprint density at radius 3 is 2.35 bits per heavy atom. The van der Waals surface area contributed by atoms with Gasteiger partial charge in [0.2, 0.25) is 0 Å². The highest BCUT2D eigenvalue weighted by Crippen LogP contribution is 2.38. The minimum Gasteiger partial charge on any atom is -0.312 e. The predicted octanol–water partition coefficient (Wildman–Crippen LogP) is 4.30. The lowest BCUT2D eigenvalue weighted by atomic mass is 9.70. The van der Waals surface area contributed by atoms with E-state index in [2.05, 4.69) is 58.7 Å². The van der Waals surface area contributed by atoms with Crippen LogP contribution in [0.4, 0.5) is 0 Å². The first-order valence-corrected chi connectivity index (χ1v) is 8.78. The Balaban J connectivity index is 2.89. The highest BCUT2D eigenvalue weighted by molar-refractivity contribution is 4.98.